The van der Waals surface area contributed by atoms with Crippen LogP contribution in [-0.4, -0.2) is 0 Å². The van der Waals surface area contributed by atoms with Crippen LogP contribution in [0.3, 0.4) is 0 Å². The van der Waals surface area contributed by atoms with Gasteiger partial charge in [0.05, 0.1) is 0 Å². The van der Waals surface area contributed by atoms with Gasteiger partial charge in [-0.15, -0.1) is 0 Å². The smallest absolute Gasteiger partial charge is 0 e. The molecule has 1 aromatic rings. The van der Waals surface area contributed by atoms with Gasteiger partial charge >= 0.3 is 0 Å². The molecule has 2 aliphatic carbocycles. The maximum absolute atomic E-state index is 2.27. The molecule has 0 heterocycles. The monoisotopic (exact) mass is 419 g/mol. The van der Waals surface area contributed by atoms with Crippen molar-refractivity contribution in [3.8, 4) is 0 Å². The van der Waals surface area contributed by atoms with Crippen LogP contribution in [0.25, 0.3) is 0 Å². The molecule has 0 aromatic heterocycles. The van der Waals surface area contributed by atoms with Crippen LogP contribution in [0.1, 0.15) is 43.2 Å². The molecule has 99 valence electrons. The van der Waals surface area contributed by atoms with E-state index in [-0.39, 0.29) is 20.1 Å². The Morgan fingerprint density at radius 1 is 0.611 bits per heavy atom. The summed E-state index contributed by atoms with van der Waals surface area (Å²) in [5.74, 6) is 0. The van der Waals surface area contributed by atoms with E-state index >= 15 is 0 Å². The van der Waals surface area contributed by atoms with E-state index in [1.807, 2.05) is 0 Å². The summed E-state index contributed by atoms with van der Waals surface area (Å²) in [6.45, 7) is 0. The Bertz CT molecular complexity index is 341. The quantitative estimate of drug-likeness (QED) is 0.529. The summed E-state index contributed by atoms with van der Waals surface area (Å²) < 4.78 is 0. The first kappa shape index (κ1) is 15.4. The molecular weight excluding hydrogens is 396 g/mol. The predicted molar refractivity (Wildman–Crippen MR) is 75.2 cm³/mol. The van der Waals surface area contributed by atoms with Gasteiger partial charge in [0.2, 0.25) is 0 Å². The van der Waals surface area contributed by atoms with Crippen molar-refractivity contribution in [3.05, 3.63) is 59.7 Å². The van der Waals surface area contributed by atoms with Crippen LogP contribution in [0.15, 0.2) is 48.6 Å². The Labute approximate surface area is 125 Å². The number of rotatable bonds is 0. The first-order chi connectivity index (χ1) is 8.47. The van der Waals surface area contributed by atoms with E-state index in [4.69, 9.17) is 0 Å². The normalized spacial score (nSPS) is 20.2. The molecule has 0 aliphatic heterocycles. The van der Waals surface area contributed by atoms with Gasteiger partial charge in [0.15, 0.2) is 0 Å². The molecule has 1 aromatic carbocycles. The largest absolute Gasteiger partial charge is 0.0882 e. The second kappa shape index (κ2) is 9.30. The van der Waals surface area contributed by atoms with Crippen molar-refractivity contribution in [2.24, 2.45) is 0 Å². The van der Waals surface area contributed by atoms with Crippen LogP contribution < -0.4 is 0 Å². The summed E-state index contributed by atoms with van der Waals surface area (Å²) in [4.78, 5) is 0. The van der Waals surface area contributed by atoms with Crippen molar-refractivity contribution in [2.45, 2.75) is 44.9 Å². The maximum atomic E-state index is 2.27. The zero-order chi connectivity index (χ0) is 11.8. The van der Waals surface area contributed by atoms with E-state index in [2.05, 4.69) is 48.6 Å². The molecule has 0 fully saturated rings. The van der Waals surface area contributed by atoms with Gasteiger partial charge in [0.25, 0.3) is 0 Å². The summed E-state index contributed by atoms with van der Waals surface area (Å²) in [7, 11) is 0. The van der Waals surface area contributed by atoms with Gasteiger partial charge in [-0.05, 0) is 56.1 Å². The van der Waals surface area contributed by atoms with Crippen LogP contribution in [-0.2, 0) is 32.9 Å². The van der Waals surface area contributed by atoms with Crippen LogP contribution in [0.4, 0.5) is 0 Å². The summed E-state index contributed by atoms with van der Waals surface area (Å²) >= 11 is 0. The fourth-order valence-corrected chi connectivity index (χ4v) is 2.37. The number of allylic oxidation sites excluding steroid dienone is 4. The number of hydrogen-bond acceptors (Lipinski definition) is 0. The fourth-order valence-electron chi connectivity index (χ4n) is 2.37. The Balaban J connectivity index is 0.000000172. The van der Waals surface area contributed by atoms with E-state index in [1.54, 1.807) is 11.1 Å². The molecule has 0 nitrogen and oxygen atoms in total. The zero-order valence-corrected chi connectivity index (χ0v) is 13.3. The number of aryl methyl sites for hydroxylation is 2. The third kappa shape index (κ3) is 5.33. The Morgan fingerprint density at radius 3 is 1.39 bits per heavy atom. The van der Waals surface area contributed by atoms with Crippen LogP contribution >= 0.6 is 0 Å². The number of hydrogen-bond donors (Lipinski definition) is 0. The summed E-state index contributed by atoms with van der Waals surface area (Å²) in [5, 5.41) is 0. The van der Waals surface area contributed by atoms with Gasteiger partial charge < -0.3 is 0 Å². The Morgan fingerprint density at radius 2 is 1.00 bits per heavy atom. The first-order valence-corrected chi connectivity index (χ1v) is 6.83. The minimum Gasteiger partial charge on any atom is -0.0882 e. The number of benzene rings is 1. The van der Waals surface area contributed by atoms with Gasteiger partial charge in [-0.25, -0.2) is 0 Å². The molecule has 1 heteroatoms. The second-order valence-electron chi connectivity index (χ2n) is 4.72. The maximum Gasteiger partial charge on any atom is 0 e. The Hall–Kier alpha value is -0.651. The molecule has 0 unspecified atom stereocenters. The minimum atomic E-state index is 0. The predicted octanol–water partition coefficient (Wildman–Crippen LogP) is 4.85. The van der Waals surface area contributed by atoms with Gasteiger partial charge in [-0.2, -0.15) is 0 Å². The molecular formula is C17H22Ir. The minimum absolute atomic E-state index is 0. The van der Waals surface area contributed by atoms with E-state index in [1.165, 1.54) is 44.9 Å². The SMILES string of the molecule is C1=C\CC/C=C\CC/1.[Ir].c1ccc2c(c1)CCC2. The third-order valence-corrected chi connectivity index (χ3v) is 3.34. The van der Waals surface area contributed by atoms with E-state index in [0.717, 1.165) is 0 Å². The van der Waals surface area contributed by atoms with Crippen molar-refractivity contribution in [1.82, 2.24) is 0 Å². The Kier molecular flexibility index (Phi) is 7.96. The van der Waals surface area contributed by atoms with E-state index < -0.39 is 0 Å². The van der Waals surface area contributed by atoms with Gasteiger partial charge in [0, 0.05) is 20.1 Å². The first-order valence-electron chi connectivity index (χ1n) is 6.83. The molecule has 0 bridgehead atoms. The molecule has 1 radical (unpaired) electrons. The summed E-state index contributed by atoms with van der Waals surface area (Å²) in [6.07, 6.45) is 18.0. The van der Waals surface area contributed by atoms with E-state index in [0.29, 0.717) is 0 Å². The van der Waals surface area contributed by atoms with Crippen molar-refractivity contribution >= 4 is 0 Å². The molecule has 0 saturated heterocycles. The molecule has 3 rings (SSSR count). The van der Waals surface area contributed by atoms with Gasteiger partial charge in [-0.1, -0.05) is 48.6 Å². The van der Waals surface area contributed by atoms with Crippen molar-refractivity contribution in [2.75, 3.05) is 0 Å². The van der Waals surface area contributed by atoms with Crippen molar-refractivity contribution in [1.29, 1.82) is 0 Å². The number of fused-ring (bicyclic) bond motifs is 1. The molecule has 0 saturated carbocycles. The van der Waals surface area contributed by atoms with Crippen LogP contribution in [0.2, 0.25) is 0 Å². The second-order valence-corrected chi connectivity index (χ2v) is 4.72. The topological polar surface area (TPSA) is 0 Å². The summed E-state index contributed by atoms with van der Waals surface area (Å²) in [5.41, 5.74) is 3.13. The zero-order valence-electron chi connectivity index (χ0n) is 10.9. The molecule has 18 heavy (non-hydrogen) atoms. The molecule has 0 spiro atoms. The van der Waals surface area contributed by atoms with Crippen molar-refractivity contribution in [3.63, 3.8) is 0 Å². The van der Waals surface area contributed by atoms with Crippen LogP contribution in [0.5, 0.6) is 0 Å². The molecule has 0 amide bonds. The van der Waals surface area contributed by atoms with Gasteiger partial charge in [0.1, 0.15) is 0 Å². The molecule has 2 aliphatic rings. The third-order valence-electron chi connectivity index (χ3n) is 3.34. The average molecular weight is 419 g/mol. The van der Waals surface area contributed by atoms with E-state index in [9.17, 15) is 0 Å². The van der Waals surface area contributed by atoms with Gasteiger partial charge in [-0.3, -0.25) is 0 Å². The average Bonchev–Trinajstić information content (AvgIpc) is 2.76. The molecule has 0 N–H and O–H groups in total. The van der Waals surface area contributed by atoms with Crippen LogP contribution in [0, 0.1) is 0 Å². The summed E-state index contributed by atoms with van der Waals surface area (Å²) in [6, 6.07) is 8.74. The fraction of sp³-hybridized carbons (Fsp3) is 0.412. The van der Waals surface area contributed by atoms with Crippen molar-refractivity contribution < 1.29 is 20.1 Å². The standard InChI is InChI=1S/C9H10.C8H12.Ir/c1-2-5-9-7-3-6-8(9)4-1;1-2-4-6-8-7-5-3-1;/h1-2,4-5H,3,6-7H2;1-2,7-8H,3-6H2;/b;2-1-,8-7-;. The molecule has 0 atom stereocenters.